The van der Waals surface area contributed by atoms with Gasteiger partial charge < -0.3 is 9.94 Å². The van der Waals surface area contributed by atoms with Crippen LogP contribution in [0.1, 0.15) is 17.3 Å². The van der Waals surface area contributed by atoms with Gasteiger partial charge in [-0.25, -0.2) is 4.79 Å². The van der Waals surface area contributed by atoms with Gasteiger partial charge in [-0.05, 0) is 19.1 Å². The van der Waals surface area contributed by atoms with Crippen molar-refractivity contribution in [1.29, 1.82) is 0 Å². The highest BCUT2D eigenvalue weighted by Crippen LogP contribution is 2.25. The molecule has 1 N–H and O–H groups in total. The van der Waals surface area contributed by atoms with Crippen molar-refractivity contribution in [2.24, 2.45) is 0 Å². The van der Waals surface area contributed by atoms with E-state index in [2.05, 4.69) is 0 Å². The first-order chi connectivity index (χ1) is 11.1. The van der Waals surface area contributed by atoms with Gasteiger partial charge in [-0.2, -0.15) is 4.73 Å². The Morgan fingerprint density at radius 2 is 1.74 bits per heavy atom. The largest absolute Gasteiger partial charge is 0.462 e. The lowest BCUT2D eigenvalue weighted by Crippen LogP contribution is -2.23. The minimum absolute atomic E-state index is 0.132. The van der Waals surface area contributed by atoms with E-state index >= 15 is 0 Å². The van der Waals surface area contributed by atoms with Gasteiger partial charge in [0.2, 0.25) is 5.43 Å². The summed E-state index contributed by atoms with van der Waals surface area (Å²) in [6.07, 6.45) is 0. The van der Waals surface area contributed by atoms with Crippen molar-refractivity contribution >= 4 is 16.9 Å². The zero-order valence-electron chi connectivity index (χ0n) is 12.5. The van der Waals surface area contributed by atoms with Gasteiger partial charge in [0.05, 0.1) is 17.5 Å². The Hall–Kier alpha value is -3.08. The van der Waals surface area contributed by atoms with Crippen molar-refractivity contribution < 1.29 is 14.7 Å². The molecule has 5 heteroatoms. The van der Waals surface area contributed by atoms with Crippen molar-refractivity contribution in [3.05, 3.63) is 70.4 Å². The molecule has 116 valence electrons. The molecule has 5 nitrogen and oxygen atoms in total. The maximum absolute atomic E-state index is 12.8. The number of hydrogen-bond acceptors (Lipinski definition) is 4. The molecule has 0 saturated heterocycles. The number of hydrogen-bond donors (Lipinski definition) is 1. The lowest BCUT2D eigenvalue weighted by molar-refractivity contribution is 0.0522. The molecule has 1 heterocycles. The fourth-order valence-electron chi connectivity index (χ4n) is 2.57. The van der Waals surface area contributed by atoms with Gasteiger partial charge in [-0.1, -0.05) is 42.5 Å². The number of esters is 1. The molecule has 1 aromatic heterocycles. The Bertz CT molecular complexity index is 929. The van der Waals surface area contributed by atoms with Crippen LogP contribution in [0.5, 0.6) is 0 Å². The molecule has 0 aliphatic carbocycles. The molecule has 0 aliphatic rings. The number of aromatic nitrogens is 1. The number of para-hydroxylation sites is 1. The molecular weight excluding hydrogens is 294 g/mol. The van der Waals surface area contributed by atoms with Crippen LogP contribution < -0.4 is 5.43 Å². The zero-order valence-corrected chi connectivity index (χ0v) is 12.5. The van der Waals surface area contributed by atoms with Gasteiger partial charge in [0, 0.05) is 5.56 Å². The first-order valence-corrected chi connectivity index (χ1v) is 7.24. The van der Waals surface area contributed by atoms with Gasteiger partial charge >= 0.3 is 5.97 Å². The second-order valence-electron chi connectivity index (χ2n) is 4.97. The van der Waals surface area contributed by atoms with Gasteiger partial charge in [-0.3, -0.25) is 4.79 Å². The average Bonchev–Trinajstić information content (AvgIpc) is 2.58. The van der Waals surface area contributed by atoms with E-state index in [0.29, 0.717) is 11.1 Å². The van der Waals surface area contributed by atoms with Crippen LogP contribution in [-0.4, -0.2) is 22.5 Å². The Labute approximate surface area is 132 Å². The molecule has 0 radical (unpaired) electrons. The molecule has 0 unspecified atom stereocenters. The van der Waals surface area contributed by atoms with E-state index < -0.39 is 11.4 Å². The monoisotopic (exact) mass is 309 g/mol. The highest BCUT2D eigenvalue weighted by atomic mass is 16.5. The van der Waals surface area contributed by atoms with Crippen molar-refractivity contribution in [2.75, 3.05) is 6.61 Å². The van der Waals surface area contributed by atoms with Crippen LogP contribution in [0.25, 0.3) is 22.2 Å². The fraction of sp³-hybridized carbons (Fsp3) is 0.111. The topological polar surface area (TPSA) is 68.5 Å². The van der Waals surface area contributed by atoms with Crippen LogP contribution in [0.15, 0.2) is 59.4 Å². The molecule has 0 spiro atoms. The van der Waals surface area contributed by atoms with Gasteiger partial charge in [0.25, 0.3) is 0 Å². The molecule has 2 aromatic carbocycles. The lowest BCUT2D eigenvalue weighted by atomic mass is 10.0. The Morgan fingerprint density at radius 3 is 2.43 bits per heavy atom. The molecule has 0 atom stereocenters. The fourth-order valence-corrected chi connectivity index (χ4v) is 2.57. The summed E-state index contributed by atoms with van der Waals surface area (Å²) in [5.41, 5.74) is 0.403. The first kappa shape index (κ1) is 14.8. The third kappa shape index (κ3) is 2.46. The zero-order chi connectivity index (χ0) is 16.4. The number of carbonyl (C=O) groups is 1. The minimum atomic E-state index is -0.745. The van der Waals surface area contributed by atoms with Crippen LogP contribution in [0.2, 0.25) is 0 Å². The SMILES string of the molecule is CCOC(=O)c1c(-c2ccccc2)n(O)c2ccccc2c1=O. The number of benzene rings is 2. The highest BCUT2D eigenvalue weighted by Gasteiger charge is 2.24. The minimum Gasteiger partial charge on any atom is -0.462 e. The maximum Gasteiger partial charge on any atom is 0.344 e. The lowest BCUT2D eigenvalue weighted by Gasteiger charge is -2.15. The summed E-state index contributed by atoms with van der Waals surface area (Å²) in [6, 6.07) is 15.4. The van der Waals surface area contributed by atoms with E-state index in [0.717, 1.165) is 4.73 Å². The molecule has 0 bridgehead atoms. The third-order valence-corrected chi connectivity index (χ3v) is 3.58. The second-order valence-corrected chi connectivity index (χ2v) is 4.97. The normalized spacial score (nSPS) is 10.7. The molecule has 0 aliphatic heterocycles. The van der Waals surface area contributed by atoms with Gasteiger partial charge in [-0.15, -0.1) is 0 Å². The van der Waals surface area contributed by atoms with Crippen LogP contribution in [0.4, 0.5) is 0 Å². The molecular formula is C18H15NO4. The van der Waals surface area contributed by atoms with Crippen molar-refractivity contribution in [3.8, 4) is 11.3 Å². The average molecular weight is 309 g/mol. The third-order valence-electron chi connectivity index (χ3n) is 3.58. The standard InChI is InChI=1S/C18H15NO4/c1-2-23-18(21)15-16(12-8-4-3-5-9-12)19(22)14-11-7-6-10-13(14)17(15)20/h3-11,22H,2H2,1H3. The Morgan fingerprint density at radius 1 is 1.09 bits per heavy atom. The van der Waals surface area contributed by atoms with Crippen LogP contribution in [0.3, 0.4) is 0 Å². The Balaban J connectivity index is 2.45. The van der Waals surface area contributed by atoms with Crippen LogP contribution in [-0.2, 0) is 4.74 Å². The summed E-state index contributed by atoms with van der Waals surface area (Å²) in [5.74, 6) is -0.745. The molecule has 3 rings (SSSR count). The molecule has 3 aromatic rings. The summed E-state index contributed by atoms with van der Waals surface area (Å²) < 4.78 is 5.88. The predicted octanol–water partition coefficient (Wildman–Crippen LogP) is 3.08. The van der Waals surface area contributed by atoms with Gasteiger partial charge in [0.15, 0.2) is 0 Å². The maximum atomic E-state index is 12.8. The molecule has 0 fully saturated rings. The van der Waals surface area contributed by atoms with Crippen LogP contribution >= 0.6 is 0 Å². The van der Waals surface area contributed by atoms with Crippen molar-refractivity contribution in [2.45, 2.75) is 6.92 Å². The number of nitrogens with zero attached hydrogens (tertiary/aromatic N) is 1. The Kier molecular flexibility index (Phi) is 3.85. The summed E-state index contributed by atoms with van der Waals surface area (Å²) in [5, 5.41) is 10.9. The van der Waals surface area contributed by atoms with E-state index in [1.54, 1.807) is 55.5 Å². The number of carbonyl (C=O) groups excluding carboxylic acids is 1. The summed E-state index contributed by atoms with van der Waals surface area (Å²) in [4.78, 5) is 25.1. The van der Waals surface area contributed by atoms with E-state index in [9.17, 15) is 14.8 Å². The summed E-state index contributed by atoms with van der Waals surface area (Å²) in [7, 11) is 0. The van der Waals surface area contributed by atoms with Crippen molar-refractivity contribution in [1.82, 2.24) is 4.73 Å². The number of fused-ring (bicyclic) bond motifs is 1. The first-order valence-electron chi connectivity index (χ1n) is 7.24. The van der Waals surface area contributed by atoms with Crippen molar-refractivity contribution in [3.63, 3.8) is 0 Å². The molecule has 0 amide bonds. The van der Waals surface area contributed by atoms with E-state index in [4.69, 9.17) is 4.74 Å². The molecule has 23 heavy (non-hydrogen) atoms. The highest BCUT2D eigenvalue weighted by molar-refractivity contribution is 6.00. The summed E-state index contributed by atoms with van der Waals surface area (Å²) in [6.45, 7) is 1.81. The predicted molar refractivity (Wildman–Crippen MR) is 86.8 cm³/mol. The van der Waals surface area contributed by atoms with Gasteiger partial charge in [0.1, 0.15) is 11.3 Å². The number of rotatable bonds is 3. The second kappa shape index (κ2) is 5.96. The smallest absolute Gasteiger partial charge is 0.344 e. The number of ether oxygens (including phenoxy) is 1. The van der Waals surface area contributed by atoms with E-state index in [1.165, 1.54) is 0 Å². The summed E-state index contributed by atoms with van der Waals surface area (Å²) >= 11 is 0. The number of pyridine rings is 1. The van der Waals surface area contributed by atoms with E-state index in [-0.39, 0.29) is 23.3 Å². The van der Waals surface area contributed by atoms with Crippen LogP contribution in [0, 0.1) is 0 Å². The quantitative estimate of drug-likeness (QED) is 0.596. The molecule has 0 saturated carbocycles. The van der Waals surface area contributed by atoms with E-state index in [1.807, 2.05) is 6.07 Å².